The minimum atomic E-state index is 0.121. The molecule has 0 aliphatic rings. The van der Waals surface area contributed by atoms with Gasteiger partial charge in [0.05, 0.1) is 8.45 Å². The van der Waals surface area contributed by atoms with E-state index in [1.54, 1.807) is 11.3 Å². The highest BCUT2D eigenvalue weighted by atomic mass is 127. The first-order valence-corrected chi connectivity index (χ1v) is 6.90. The van der Waals surface area contributed by atoms with Crippen LogP contribution in [-0.4, -0.2) is 23.9 Å². The number of amides is 1. The molecule has 4 heteroatoms. The minimum Gasteiger partial charge on any atom is -0.339 e. The number of hydrogen-bond donors (Lipinski definition) is 0. The molecule has 1 heterocycles. The zero-order valence-electron chi connectivity index (χ0n) is 9.45. The standard InChI is InChI=1S/C11H16INOS/c1-7(2)8(3)13(4)11(14)9-5-10(12)15-6-9/h5-8H,1-4H3. The minimum absolute atomic E-state index is 0.121. The summed E-state index contributed by atoms with van der Waals surface area (Å²) in [4.78, 5) is 13.9. The average molecular weight is 337 g/mol. The van der Waals surface area contributed by atoms with Gasteiger partial charge >= 0.3 is 0 Å². The van der Waals surface area contributed by atoms with Crippen molar-refractivity contribution in [3.8, 4) is 0 Å². The van der Waals surface area contributed by atoms with Crippen LogP contribution in [0.3, 0.4) is 0 Å². The highest BCUT2D eigenvalue weighted by molar-refractivity contribution is 14.1. The van der Waals surface area contributed by atoms with E-state index in [9.17, 15) is 4.79 Å². The van der Waals surface area contributed by atoms with Crippen LogP contribution in [-0.2, 0) is 0 Å². The van der Waals surface area contributed by atoms with Gasteiger partial charge in [0, 0.05) is 18.5 Å². The Morgan fingerprint density at radius 2 is 2.07 bits per heavy atom. The molecule has 1 amide bonds. The Labute approximate surface area is 109 Å². The van der Waals surface area contributed by atoms with Crippen molar-refractivity contribution in [3.05, 3.63) is 19.9 Å². The van der Waals surface area contributed by atoms with Crippen molar-refractivity contribution in [1.82, 2.24) is 4.90 Å². The topological polar surface area (TPSA) is 20.3 Å². The van der Waals surface area contributed by atoms with Crippen molar-refractivity contribution in [2.45, 2.75) is 26.8 Å². The molecule has 2 nitrogen and oxygen atoms in total. The molecule has 0 fully saturated rings. The molecule has 0 radical (unpaired) electrons. The van der Waals surface area contributed by atoms with Gasteiger partial charge in [0.15, 0.2) is 0 Å². The number of halogens is 1. The van der Waals surface area contributed by atoms with Crippen molar-refractivity contribution < 1.29 is 4.79 Å². The lowest BCUT2D eigenvalue weighted by Gasteiger charge is -2.27. The van der Waals surface area contributed by atoms with Crippen LogP contribution in [0.1, 0.15) is 31.1 Å². The van der Waals surface area contributed by atoms with Gasteiger partial charge in [-0.1, -0.05) is 13.8 Å². The second-order valence-electron chi connectivity index (χ2n) is 4.04. The normalized spacial score (nSPS) is 12.9. The molecular weight excluding hydrogens is 321 g/mol. The molecule has 0 saturated carbocycles. The summed E-state index contributed by atoms with van der Waals surface area (Å²) < 4.78 is 1.15. The number of rotatable bonds is 3. The summed E-state index contributed by atoms with van der Waals surface area (Å²) in [5.74, 6) is 0.604. The summed E-state index contributed by atoms with van der Waals surface area (Å²) in [5.41, 5.74) is 0.805. The summed E-state index contributed by atoms with van der Waals surface area (Å²) in [6.07, 6.45) is 0. The highest BCUT2D eigenvalue weighted by Crippen LogP contribution is 2.19. The number of carbonyl (C=O) groups excluding carboxylic acids is 1. The lowest BCUT2D eigenvalue weighted by atomic mass is 10.0. The lowest BCUT2D eigenvalue weighted by molar-refractivity contribution is 0.0707. The van der Waals surface area contributed by atoms with Gasteiger partial charge in [0.1, 0.15) is 0 Å². The van der Waals surface area contributed by atoms with Crippen molar-refractivity contribution >= 4 is 39.8 Å². The molecule has 1 atom stereocenters. The number of hydrogen-bond acceptors (Lipinski definition) is 2. The number of carbonyl (C=O) groups is 1. The summed E-state index contributed by atoms with van der Waals surface area (Å²) >= 11 is 3.85. The fourth-order valence-corrected chi connectivity index (χ4v) is 2.58. The van der Waals surface area contributed by atoms with E-state index in [1.807, 2.05) is 23.4 Å². The zero-order valence-corrected chi connectivity index (χ0v) is 12.4. The van der Waals surface area contributed by atoms with Gasteiger partial charge in [0.25, 0.3) is 5.91 Å². The Hall–Kier alpha value is -0.100. The first-order valence-electron chi connectivity index (χ1n) is 4.94. The molecular formula is C11H16INOS. The Balaban J connectivity index is 2.77. The van der Waals surface area contributed by atoms with Crippen LogP contribution in [0.2, 0.25) is 0 Å². The Bertz CT molecular complexity index is 348. The van der Waals surface area contributed by atoms with Crippen molar-refractivity contribution in [2.75, 3.05) is 7.05 Å². The highest BCUT2D eigenvalue weighted by Gasteiger charge is 2.20. The third-order valence-electron chi connectivity index (χ3n) is 2.71. The van der Waals surface area contributed by atoms with E-state index in [0.29, 0.717) is 5.92 Å². The fourth-order valence-electron chi connectivity index (χ4n) is 1.26. The van der Waals surface area contributed by atoms with Crippen LogP contribution in [0.4, 0.5) is 0 Å². The molecule has 1 rings (SSSR count). The molecule has 1 aromatic rings. The molecule has 0 aliphatic heterocycles. The Kier molecular flexibility index (Phi) is 4.58. The first kappa shape index (κ1) is 13.0. The van der Waals surface area contributed by atoms with Gasteiger partial charge in [-0.15, -0.1) is 11.3 Å². The largest absolute Gasteiger partial charge is 0.339 e. The average Bonchev–Trinajstić information content (AvgIpc) is 2.61. The van der Waals surface area contributed by atoms with Crippen molar-refractivity contribution in [2.24, 2.45) is 5.92 Å². The Morgan fingerprint density at radius 3 is 2.47 bits per heavy atom. The molecule has 1 aromatic heterocycles. The second kappa shape index (κ2) is 5.30. The third-order valence-corrected chi connectivity index (χ3v) is 4.50. The predicted octanol–water partition coefficient (Wildman–Crippen LogP) is 3.47. The van der Waals surface area contributed by atoms with Gasteiger partial charge in [0.2, 0.25) is 0 Å². The van der Waals surface area contributed by atoms with E-state index in [4.69, 9.17) is 0 Å². The molecule has 84 valence electrons. The van der Waals surface area contributed by atoms with Crippen LogP contribution in [0, 0.1) is 8.80 Å². The maximum atomic E-state index is 12.0. The summed E-state index contributed by atoms with van der Waals surface area (Å²) in [7, 11) is 1.87. The van der Waals surface area contributed by atoms with Crippen LogP contribution in [0.15, 0.2) is 11.4 Å². The van der Waals surface area contributed by atoms with Gasteiger partial charge in [-0.3, -0.25) is 4.79 Å². The fraction of sp³-hybridized carbons (Fsp3) is 0.545. The molecule has 0 aliphatic carbocycles. The van der Waals surface area contributed by atoms with Gasteiger partial charge in [-0.05, 0) is 41.5 Å². The lowest BCUT2D eigenvalue weighted by Crippen LogP contribution is -2.38. The number of nitrogens with zero attached hydrogens (tertiary/aromatic N) is 1. The summed E-state index contributed by atoms with van der Waals surface area (Å²) in [5, 5.41) is 1.92. The van der Waals surface area contributed by atoms with Crippen LogP contribution in [0.5, 0.6) is 0 Å². The van der Waals surface area contributed by atoms with Crippen LogP contribution < -0.4 is 0 Å². The van der Waals surface area contributed by atoms with Gasteiger partial charge < -0.3 is 4.90 Å². The van der Waals surface area contributed by atoms with E-state index in [1.165, 1.54) is 0 Å². The van der Waals surface area contributed by atoms with E-state index in [-0.39, 0.29) is 11.9 Å². The van der Waals surface area contributed by atoms with Crippen LogP contribution >= 0.6 is 33.9 Å². The maximum absolute atomic E-state index is 12.0. The molecule has 0 saturated heterocycles. The maximum Gasteiger partial charge on any atom is 0.254 e. The smallest absolute Gasteiger partial charge is 0.254 e. The summed E-state index contributed by atoms with van der Waals surface area (Å²) in [6.45, 7) is 6.34. The molecule has 0 N–H and O–H groups in total. The van der Waals surface area contributed by atoms with Gasteiger partial charge in [-0.25, -0.2) is 0 Å². The quantitative estimate of drug-likeness (QED) is 0.774. The molecule has 15 heavy (non-hydrogen) atoms. The summed E-state index contributed by atoms with van der Waals surface area (Å²) in [6, 6.07) is 2.21. The van der Waals surface area contributed by atoms with Crippen molar-refractivity contribution in [3.63, 3.8) is 0 Å². The van der Waals surface area contributed by atoms with E-state index < -0.39 is 0 Å². The predicted molar refractivity (Wildman–Crippen MR) is 73.4 cm³/mol. The van der Waals surface area contributed by atoms with Crippen LogP contribution in [0.25, 0.3) is 0 Å². The van der Waals surface area contributed by atoms with Gasteiger partial charge in [-0.2, -0.15) is 0 Å². The second-order valence-corrected chi connectivity index (χ2v) is 6.85. The van der Waals surface area contributed by atoms with E-state index in [0.717, 1.165) is 8.45 Å². The molecule has 1 unspecified atom stereocenters. The van der Waals surface area contributed by atoms with Crippen molar-refractivity contribution in [1.29, 1.82) is 0 Å². The van der Waals surface area contributed by atoms with E-state index >= 15 is 0 Å². The first-order chi connectivity index (χ1) is 6.93. The Morgan fingerprint density at radius 1 is 1.47 bits per heavy atom. The third kappa shape index (κ3) is 3.17. The molecule has 0 aromatic carbocycles. The van der Waals surface area contributed by atoms with E-state index in [2.05, 4.69) is 43.4 Å². The number of thiophene rings is 1. The molecule has 0 bridgehead atoms. The molecule has 0 spiro atoms. The SMILES string of the molecule is CC(C)C(C)N(C)C(=O)c1csc(I)c1. The monoisotopic (exact) mass is 337 g/mol. The zero-order chi connectivity index (χ0) is 11.6.